The van der Waals surface area contributed by atoms with Gasteiger partial charge in [0.15, 0.2) is 6.29 Å². The van der Waals surface area contributed by atoms with Gasteiger partial charge in [0.05, 0.1) is 25.4 Å². The second kappa shape index (κ2) is 67.2. The molecule has 6 N–H and O–H groups in total. The van der Waals surface area contributed by atoms with Gasteiger partial charge in [-0.05, 0) is 103 Å². The summed E-state index contributed by atoms with van der Waals surface area (Å²) < 4.78 is 11.3. The molecule has 1 saturated heterocycles. The molecule has 0 aromatic carbocycles. The van der Waals surface area contributed by atoms with Crippen LogP contribution in [0.1, 0.15) is 309 Å². The molecule has 7 unspecified atom stereocenters. The molecule has 0 radical (unpaired) electrons. The van der Waals surface area contributed by atoms with Crippen LogP contribution in [-0.2, 0) is 14.3 Å². The van der Waals surface area contributed by atoms with Crippen molar-refractivity contribution in [3.05, 3.63) is 134 Å². The molecule has 0 saturated carbocycles. The first-order valence-corrected chi connectivity index (χ1v) is 36.9. The summed E-state index contributed by atoms with van der Waals surface area (Å²) >= 11 is 0. The van der Waals surface area contributed by atoms with Gasteiger partial charge in [0.2, 0.25) is 5.91 Å². The van der Waals surface area contributed by atoms with Crippen molar-refractivity contribution in [2.45, 2.75) is 352 Å². The van der Waals surface area contributed by atoms with Crippen molar-refractivity contribution in [2.24, 2.45) is 0 Å². The Kier molecular flexibility index (Phi) is 63.0. The molecule has 1 heterocycles. The number of ether oxygens (including phenoxy) is 2. The van der Waals surface area contributed by atoms with E-state index >= 15 is 0 Å². The lowest BCUT2D eigenvalue weighted by atomic mass is 9.99. The average molecular weight is 1240 g/mol. The maximum absolute atomic E-state index is 13.1. The van der Waals surface area contributed by atoms with Gasteiger partial charge in [-0.3, -0.25) is 4.79 Å². The third-order valence-electron chi connectivity index (χ3n) is 16.7. The largest absolute Gasteiger partial charge is 0.394 e. The molecule has 9 heteroatoms. The molecule has 1 aliphatic rings. The fraction of sp³-hybridized carbons (Fsp3) is 0.713. The second-order valence-corrected chi connectivity index (χ2v) is 25.0. The molecule has 0 aromatic heterocycles. The molecule has 7 atom stereocenters. The molecule has 1 rings (SSSR count). The van der Waals surface area contributed by atoms with E-state index in [9.17, 15) is 30.3 Å². The number of amides is 1. The maximum atomic E-state index is 13.1. The summed E-state index contributed by atoms with van der Waals surface area (Å²) in [5, 5.41) is 54.8. The van der Waals surface area contributed by atoms with Gasteiger partial charge in [0.1, 0.15) is 24.4 Å². The molecule has 0 aliphatic carbocycles. The van der Waals surface area contributed by atoms with E-state index in [0.29, 0.717) is 6.42 Å². The van der Waals surface area contributed by atoms with Crippen LogP contribution in [0.4, 0.5) is 0 Å². The van der Waals surface area contributed by atoms with Gasteiger partial charge >= 0.3 is 0 Å². The van der Waals surface area contributed by atoms with Crippen molar-refractivity contribution in [3.8, 4) is 0 Å². The molecule has 0 spiro atoms. The van der Waals surface area contributed by atoms with Crippen molar-refractivity contribution in [3.63, 3.8) is 0 Å². The van der Waals surface area contributed by atoms with Crippen LogP contribution in [0.5, 0.6) is 0 Å². The van der Waals surface area contributed by atoms with Crippen LogP contribution in [0.3, 0.4) is 0 Å². The first kappa shape index (κ1) is 83.3. The molecule has 0 bridgehead atoms. The van der Waals surface area contributed by atoms with Crippen molar-refractivity contribution < 1.29 is 39.8 Å². The number of hydrogen-bond donors (Lipinski definition) is 6. The number of rotatable bonds is 63. The molecular weight excluding hydrogens is 1100 g/mol. The van der Waals surface area contributed by atoms with Gasteiger partial charge in [-0.15, -0.1) is 0 Å². The number of unbranched alkanes of at least 4 members (excludes halogenated alkanes) is 33. The van der Waals surface area contributed by atoms with Crippen LogP contribution in [0.15, 0.2) is 134 Å². The highest BCUT2D eigenvalue weighted by atomic mass is 16.7. The number of hydrogen-bond acceptors (Lipinski definition) is 8. The van der Waals surface area contributed by atoms with Crippen molar-refractivity contribution in [1.29, 1.82) is 0 Å². The smallest absolute Gasteiger partial charge is 0.220 e. The summed E-state index contributed by atoms with van der Waals surface area (Å²) in [7, 11) is 0. The van der Waals surface area contributed by atoms with Crippen LogP contribution < -0.4 is 5.32 Å². The van der Waals surface area contributed by atoms with Gasteiger partial charge in [-0.1, -0.05) is 334 Å². The first-order valence-electron chi connectivity index (χ1n) is 36.9. The minimum atomic E-state index is -1.58. The SMILES string of the molecule is CC/C=C\C/C=C\C/C=C\C/C=C\C/C=C\C/C=C\C/C=C\C/C=C\C/C=C\CCCCCCCCCC(=O)NC(COC1OC(CO)C(O)C(O)C1O)C(O)/C=C/CC/C=C/CCCCCCCCCCCCCCCCCCCCCCCCCCC. The van der Waals surface area contributed by atoms with Crippen LogP contribution >= 0.6 is 0 Å². The summed E-state index contributed by atoms with van der Waals surface area (Å²) in [6, 6.07) is -0.840. The normalized spacial score (nSPS) is 18.7. The van der Waals surface area contributed by atoms with E-state index in [1.54, 1.807) is 6.08 Å². The summed E-state index contributed by atoms with van der Waals surface area (Å²) in [4.78, 5) is 13.1. The second-order valence-electron chi connectivity index (χ2n) is 25.0. The quantitative estimate of drug-likeness (QED) is 0.0261. The van der Waals surface area contributed by atoms with Gasteiger partial charge in [-0.25, -0.2) is 0 Å². The first-order chi connectivity index (χ1) is 43.8. The number of carbonyl (C=O) groups is 1. The van der Waals surface area contributed by atoms with Crippen LogP contribution in [-0.4, -0.2) is 87.5 Å². The molecule has 0 aromatic rings. The lowest BCUT2D eigenvalue weighted by Crippen LogP contribution is -2.60. The Morgan fingerprint density at radius 3 is 1.08 bits per heavy atom. The van der Waals surface area contributed by atoms with E-state index < -0.39 is 49.5 Å². The number of carbonyl (C=O) groups excluding carboxylic acids is 1. The fourth-order valence-electron chi connectivity index (χ4n) is 11.0. The van der Waals surface area contributed by atoms with E-state index in [4.69, 9.17) is 9.47 Å². The van der Waals surface area contributed by atoms with E-state index in [1.165, 1.54) is 180 Å². The molecule has 1 fully saturated rings. The van der Waals surface area contributed by atoms with Crippen LogP contribution in [0.2, 0.25) is 0 Å². The average Bonchev–Trinajstić information content (AvgIpc) is 2.28. The Morgan fingerprint density at radius 1 is 0.393 bits per heavy atom. The third-order valence-corrected chi connectivity index (χ3v) is 16.7. The highest BCUT2D eigenvalue weighted by Gasteiger charge is 2.44. The van der Waals surface area contributed by atoms with Crippen molar-refractivity contribution in [2.75, 3.05) is 13.2 Å². The zero-order valence-corrected chi connectivity index (χ0v) is 57.1. The Balaban J connectivity index is 2.18. The third kappa shape index (κ3) is 55.7. The molecular formula is C80H137NO8. The standard InChI is InChI=1S/C80H137NO8/c1-3-5-7-9-11-13-15-17-19-21-23-25-27-29-31-33-35-36-37-38-40-42-44-46-48-50-52-54-56-58-60-62-64-66-68-70-76(84)81-73(72-88-80-79(87)78(86)77(85)75(71-82)89-80)74(83)69-67-65-63-61-59-57-55-53-51-49-47-45-43-41-39-34-32-30-28-26-24-22-20-18-16-14-12-10-8-6-4-2/h5,7,11,13,17,19,23,25,29,31,35-36,38,40,44,46,50,52,59,61,67,69,73-75,77-80,82-83,85-87H,3-4,6,8-10,12,14-16,18,20-22,24,26-28,30,32-34,37,39,41-43,45,47-49,51,53-58,60,62-66,68,70-72H2,1-2H3,(H,81,84)/b7-5-,13-11-,19-17-,25-23-,31-29-,36-35-,40-38-,46-44-,52-50-,61-59+,69-67+. The van der Waals surface area contributed by atoms with E-state index in [1.807, 2.05) is 6.08 Å². The maximum Gasteiger partial charge on any atom is 0.220 e. The fourth-order valence-corrected chi connectivity index (χ4v) is 11.0. The Hall–Kier alpha value is -3.67. The topological polar surface area (TPSA) is 149 Å². The molecule has 510 valence electrons. The Labute approximate surface area is 547 Å². The van der Waals surface area contributed by atoms with Gasteiger partial charge < -0.3 is 40.3 Å². The zero-order valence-electron chi connectivity index (χ0n) is 57.1. The Morgan fingerprint density at radius 2 is 0.708 bits per heavy atom. The van der Waals surface area contributed by atoms with Crippen molar-refractivity contribution in [1.82, 2.24) is 5.32 Å². The summed E-state index contributed by atoms with van der Waals surface area (Å²) in [6.07, 6.45) is 95.6. The zero-order chi connectivity index (χ0) is 64.2. The van der Waals surface area contributed by atoms with E-state index in [0.717, 1.165) is 109 Å². The van der Waals surface area contributed by atoms with E-state index in [2.05, 4.69) is 141 Å². The highest BCUT2D eigenvalue weighted by Crippen LogP contribution is 2.23. The minimum Gasteiger partial charge on any atom is -0.394 e. The minimum absolute atomic E-state index is 0.200. The van der Waals surface area contributed by atoms with Gasteiger partial charge in [-0.2, -0.15) is 0 Å². The number of aliphatic hydroxyl groups excluding tert-OH is 5. The van der Waals surface area contributed by atoms with Crippen LogP contribution in [0, 0.1) is 0 Å². The molecule has 89 heavy (non-hydrogen) atoms. The molecule has 1 amide bonds. The van der Waals surface area contributed by atoms with E-state index in [-0.39, 0.29) is 12.5 Å². The van der Waals surface area contributed by atoms with Crippen LogP contribution in [0.25, 0.3) is 0 Å². The predicted molar refractivity (Wildman–Crippen MR) is 382 cm³/mol. The Bertz CT molecular complexity index is 1870. The molecule has 9 nitrogen and oxygen atoms in total. The molecule has 1 aliphatic heterocycles. The summed E-state index contributed by atoms with van der Waals surface area (Å²) in [5.74, 6) is -0.200. The number of nitrogens with one attached hydrogen (secondary N) is 1. The van der Waals surface area contributed by atoms with Gasteiger partial charge in [0, 0.05) is 6.42 Å². The number of aliphatic hydroxyl groups is 5. The monoisotopic (exact) mass is 1240 g/mol. The number of allylic oxidation sites excluding steroid dienone is 21. The van der Waals surface area contributed by atoms with Crippen molar-refractivity contribution >= 4 is 5.91 Å². The predicted octanol–water partition coefficient (Wildman–Crippen LogP) is 20.8. The van der Waals surface area contributed by atoms with Gasteiger partial charge in [0.25, 0.3) is 0 Å². The highest BCUT2D eigenvalue weighted by molar-refractivity contribution is 5.76. The summed E-state index contributed by atoms with van der Waals surface area (Å²) in [6.45, 7) is 3.67. The lowest BCUT2D eigenvalue weighted by Gasteiger charge is -2.40. The summed E-state index contributed by atoms with van der Waals surface area (Å²) in [5.41, 5.74) is 0. The lowest BCUT2D eigenvalue weighted by molar-refractivity contribution is -0.302.